The van der Waals surface area contributed by atoms with Gasteiger partial charge in [0.15, 0.2) is 0 Å². The zero-order valence-electron chi connectivity index (χ0n) is 15.4. The normalized spacial score (nSPS) is 10.6. The second-order valence-electron chi connectivity index (χ2n) is 6.00. The average Bonchev–Trinajstić information content (AvgIpc) is 3.21. The van der Waals surface area contributed by atoms with Crippen LogP contribution in [0.4, 0.5) is 0 Å². The van der Waals surface area contributed by atoms with E-state index in [1.807, 2.05) is 73.4 Å². The monoisotopic (exact) mass is 398 g/mol. The lowest BCUT2D eigenvalue weighted by Gasteiger charge is -2.19. The molecule has 0 N–H and O–H groups in total. The van der Waals surface area contributed by atoms with E-state index in [4.69, 9.17) is 4.74 Å². The van der Waals surface area contributed by atoms with E-state index >= 15 is 0 Å². The molecule has 3 aromatic rings. The third-order valence-electron chi connectivity index (χ3n) is 3.98. The second kappa shape index (κ2) is 9.58. The van der Waals surface area contributed by atoms with Crippen molar-refractivity contribution in [3.63, 3.8) is 0 Å². The Labute approximate surface area is 168 Å². The van der Waals surface area contributed by atoms with Gasteiger partial charge in [-0.1, -0.05) is 24.3 Å². The van der Waals surface area contributed by atoms with Crippen LogP contribution in [-0.4, -0.2) is 29.4 Å². The zero-order chi connectivity index (χ0) is 19.1. The number of hydrogen-bond acceptors (Lipinski definition) is 5. The first-order chi connectivity index (χ1) is 13.2. The molecule has 2 aromatic carbocycles. The van der Waals surface area contributed by atoms with Gasteiger partial charge in [0.25, 0.3) is 5.91 Å². The maximum absolute atomic E-state index is 13.0. The van der Waals surface area contributed by atoms with Crippen LogP contribution in [0.3, 0.4) is 0 Å². The summed E-state index contributed by atoms with van der Waals surface area (Å²) in [5.74, 6) is 1.63. The molecule has 0 aliphatic rings. The molecule has 0 unspecified atom stereocenters. The highest BCUT2D eigenvalue weighted by Crippen LogP contribution is 2.27. The van der Waals surface area contributed by atoms with E-state index in [2.05, 4.69) is 4.98 Å². The number of nitrogens with zero attached hydrogens (tertiary/aromatic N) is 2. The number of hydrogen-bond donors (Lipinski definition) is 0. The molecule has 0 fully saturated rings. The van der Waals surface area contributed by atoms with Crippen molar-refractivity contribution in [2.75, 3.05) is 13.7 Å². The molecule has 0 radical (unpaired) electrons. The fourth-order valence-corrected chi connectivity index (χ4v) is 4.25. The van der Waals surface area contributed by atoms with Crippen LogP contribution in [-0.2, 0) is 12.3 Å². The Hall–Kier alpha value is -2.31. The van der Waals surface area contributed by atoms with Gasteiger partial charge in [-0.25, -0.2) is 4.98 Å². The smallest absolute Gasteiger partial charge is 0.255 e. The van der Waals surface area contributed by atoms with Crippen molar-refractivity contribution in [2.24, 2.45) is 0 Å². The summed E-state index contributed by atoms with van der Waals surface area (Å²) < 4.78 is 5.47. The van der Waals surface area contributed by atoms with Gasteiger partial charge in [0.1, 0.15) is 5.75 Å². The first-order valence-corrected chi connectivity index (χ1v) is 10.7. The number of ether oxygens (including phenoxy) is 1. The highest BCUT2D eigenvalue weighted by atomic mass is 32.2. The van der Waals surface area contributed by atoms with Crippen molar-refractivity contribution in [1.82, 2.24) is 9.88 Å². The topological polar surface area (TPSA) is 42.4 Å². The van der Waals surface area contributed by atoms with Crippen LogP contribution in [0.1, 0.15) is 28.5 Å². The minimum atomic E-state index is 0.0188. The summed E-state index contributed by atoms with van der Waals surface area (Å²) in [5.41, 5.74) is 4.67. The Balaban J connectivity index is 1.67. The summed E-state index contributed by atoms with van der Waals surface area (Å²) in [4.78, 5) is 20.0. The lowest BCUT2D eigenvalue weighted by atomic mass is 10.1. The van der Waals surface area contributed by atoms with Crippen LogP contribution >= 0.6 is 23.1 Å². The second-order valence-corrected chi connectivity index (χ2v) is 7.74. The molecule has 6 heteroatoms. The fourth-order valence-electron chi connectivity index (χ4n) is 2.64. The minimum Gasteiger partial charge on any atom is -0.494 e. The summed E-state index contributed by atoms with van der Waals surface area (Å²) in [6.07, 6.45) is 0. The van der Waals surface area contributed by atoms with Gasteiger partial charge in [-0.15, -0.1) is 23.1 Å². The van der Waals surface area contributed by atoms with Gasteiger partial charge >= 0.3 is 0 Å². The first-order valence-electron chi connectivity index (χ1n) is 8.73. The Bertz CT molecular complexity index is 864. The third-order valence-corrected chi connectivity index (χ3v) is 5.72. The van der Waals surface area contributed by atoms with Gasteiger partial charge in [0.05, 0.1) is 23.4 Å². The maximum atomic E-state index is 13.0. The Morgan fingerprint density at radius 3 is 2.67 bits per heavy atom. The van der Waals surface area contributed by atoms with Gasteiger partial charge in [-0.3, -0.25) is 4.79 Å². The van der Waals surface area contributed by atoms with Gasteiger partial charge in [0, 0.05) is 29.6 Å². The van der Waals surface area contributed by atoms with Crippen molar-refractivity contribution in [3.05, 3.63) is 76.2 Å². The van der Waals surface area contributed by atoms with Crippen molar-refractivity contribution >= 4 is 29.0 Å². The van der Waals surface area contributed by atoms with E-state index in [1.54, 1.807) is 28.0 Å². The number of thiazole rings is 1. The van der Waals surface area contributed by atoms with E-state index in [0.717, 1.165) is 33.2 Å². The summed E-state index contributed by atoms with van der Waals surface area (Å²) >= 11 is 3.23. The average molecular weight is 399 g/mol. The zero-order valence-corrected chi connectivity index (χ0v) is 17.1. The molecule has 0 saturated carbocycles. The summed E-state index contributed by atoms with van der Waals surface area (Å²) in [5, 5.41) is 2.04. The highest BCUT2D eigenvalue weighted by molar-refractivity contribution is 7.98. The number of aromatic nitrogens is 1. The van der Waals surface area contributed by atoms with Crippen molar-refractivity contribution in [1.29, 1.82) is 0 Å². The largest absolute Gasteiger partial charge is 0.494 e. The molecule has 0 aliphatic carbocycles. The molecular formula is C21H22N2O2S2. The molecule has 0 aliphatic heterocycles. The molecule has 0 atom stereocenters. The standard InChI is InChI=1S/C21H22N2O2S2/c1-3-25-18-10-8-16(9-11-18)12-23(2)21(24)19-6-4-5-7-20(19)27-14-17-13-26-15-22-17/h4-11,13,15H,3,12,14H2,1-2H3. The molecule has 1 amide bonds. The van der Waals surface area contributed by atoms with E-state index in [9.17, 15) is 4.79 Å². The van der Waals surface area contributed by atoms with Gasteiger partial charge in [0.2, 0.25) is 0 Å². The summed E-state index contributed by atoms with van der Waals surface area (Å²) in [7, 11) is 1.83. The number of thioether (sulfide) groups is 1. The van der Waals surface area contributed by atoms with E-state index in [1.165, 1.54) is 0 Å². The number of amides is 1. The highest BCUT2D eigenvalue weighted by Gasteiger charge is 2.16. The third kappa shape index (κ3) is 5.34. The van der Waals surface area contributed by atoms with Crippen LogP contribution in [0, 0.1) is 0 Å². The predicted octanol–water partition coefficient (Wildman–Crippen LogP) is 5.11. The van der Waals surface area contributed by atoms with Crippen LogP contribution in [0.15, 0.2) is 64.3 Å². The van der Waals surface area contributed by atoms with Gasteiger partial charge < -0.3 is 9.64 Å². The molecule has 1 heterocycles. The van der Waals surface area contributed by atoms with Crippen molar-refractivity contribution in [2.45, 2.75) is 24.1 Å². The summed E-state index contributed by atoms with van der Waals surface area (Å²) in [6, 6.07) is 15.6. The SMILES string of the molecule is CCOc1ccc(CN(C)C(=O)c2ccccc2SCc2cscn2)cc1. The Kier molecular flexibility index (Phi) is 6.90. The fraction of sp³-hybridized carbons (Fsp3) is 0.238. The Morgan fingerprint density at radius 1 is 1.19 bits per heavy atom. The first kappa shape index (κ1) is 19.5. The maximum Gasteiger partial charge on any atom is 0.255 e. The van der Waals surface area contributed by atoms with Crippen LogP contribution in [0.25, 0.3) is 0 Å². The van der Waals surface area contributed by atoms with E-state index < -0.39 is 0 Å². The number of rotatable bonds is 8. The number of benzene rings is 2. The molecular weight excluding hydrogens is 376 g/mol. The predicted molar refractivity (Wildman–Crippen MR) is 112 cm³/mol. The molecule has 0 bridgehead atoms. The quantitative estimate of drug-likeness (QED) is 0.495. The molecule has 0 spiro atoms. The summed E-state index contributed by atoms with van der Waals surface area (Å²) in [6.45, 7) is 3.16. The van der Waals surface area contributed by atoms with E-state index in [0.29, 0.717) is 13.2 Å². The molecule has 0 saturated heterocycles. The van der Waals surface area contributed by atoms with Gasteiger partial charge in [-0.05, 0) is 36.8 Å². The van der Waals surface area contributed by atoms with Crippen LogP contribution in [0.5, 0.6) is 5.75 Å². The lowest BCUT2D eigenvalue weighted by molar-refractivity contribution is 0.0781. The molecule has 140 valence electrons. The van der Waals surface area contributed by atoms with Crippen molar-refractivity contribution in [3.8, 4) is 5.75 Å². The molecule has 27 heavy (non-hydrogen) atoms. The Morgan fingerprint density at radius 2 is 1.96 bits per heavy atom. The molecule has 3 rings (SSSR count). The number of carbonyl (C=O) groups excluding carboxylic acids is 1. The molecule has 1 aromatic heterocycles. The lowest BCUT2D eigenvalue weighted by Crippen LogP contribution is -2.26. The van der Waals surface area contributed by atoms with Gasteiger partial charge in [-0.2, -0.15) is 0 Å². The molecule has 4 nitrogen and oxygen atoms in total. The van der Waals surface area contributed by atoms with Crippen molar-refractivity contribution < 1.29 is 9.53 Å². The van der Waals surface area contributed by atoms with Crippen LogP contribution in [0.2, 0.25) is 0 Å². The van der Waals surface area contributed by atoms with Crippen LogP contribution < -0.4 is 4.74 Å². The number of carbonyl (C=O) groups is 1. The van der Waals surface area contributed by atoms with E-state index in [-0.39, 0.29) is 5.91 Å². The minimum absolute atomic E-state index is 0.0188.